The van der Waals surface area contributed by atoms with E-state index in [0.717, 1.165) is 37.6 Å². The number of benzene rings is 4. The van der Waals surface area contributed by atoms with Gasteiger partial charge in [0.25, 0.3) is 11.8 Å². The highest BCUT2D eigenvalue weighted by Crippen LogP contribution is 2.28. The van der Waals surface area contributed by atoms with E-state index in [9.17, 15) is 24.3 Å². The number of anilines is 2. The SMILES string of the molecule is CCN(CC)c1ccc(C(=O)c2ccccc2C(=O)N2CCN(C(=O)c3ccccc3C(=O)c3ccc(N(CC)CC)cc3O)CC2)cc1. The van der Waals surface area contributed by atoms with Crippen molar-refractivity contribution in [2.45, 2.75) is 27.7 Å². The smallest absolute Gasteiger partial charge is 0.254 e. The number of hydrogen-bond donors (Lipinski definition) is 1. The molecule has 4 aromatic rings. The summed E-state index contributed by atoms with van der Waals surface area (Å²) in [4.78, 5) is 62.3. The molecule has 0 bridgehead atoms. The molecule has 0 saturated carbocycles. The van der Waals surface area contributed by atoms with Gasteiger partial charge < -0.3 is 24.7 Å². The summed E-state index contributed by atoms with van der Waals surface area (Å²) in [5.74, 6) is -1.39. The number of nitrogens with zero attached hydrogens (tertiary/aromatic N) is 4. The number of piperazine rings is 1. The molecule has 49 heavy (non-hydrogen) atoms. The lowest BCUT2D eigenvalue weighted by Gasteiger charge is -2.35. The van der Waals surface area contributed by atoms with Crippen LogP contribution in [0.5, 0.6) is 5.75 Å². The Balaban J connectivity index is 1.28. The van der Waals surface area contributed by atoms with Crippen LogP contribution in [0.2, 0.25) is 0 Å². The first-order valence-corrected chi connectivity index (χ1v) is 17.0. The fraction of sp³-hybridized carbons (Fsp3) is 0.300. The standard InChI is InChI=1S/C40H44N4O5/c1-5-41(6-2)29-19-17-28(18-20-29)37(46)31-13-9-11-15-33(31)39(48)43-23-25-44(26-24-43)40(49)34-16-12-10-14-32(34)38(47)35-22-21-30(27-36(35)45)42(7-3)8-4/h9-22,27,45H,5-8,23-26H2,1-4H3. The zero-order valence-corrected chi connectivity index (χ0v) is 28.7. The minimum Gasteiger partial charge on any atom is -0.507 e. The van der Waals surface area contributed by atoms with Crippen LogP contribution < -0.4 is 9.80 Å². The van der Waals surface area contributed by atoms with Crippen LogP contribution >= 0.6 is 0 Å². The molecule has 9 heteroatoms. The number of carbonyl (C=O) groups excluding carboxylic acids is 4. The van der Waals surface area contributed by atoms with Gasteiger partial charge in [0.05, 0.1) is 16.7 Å². The molecule has 254 valence electrons. The van der Waals surface area contributed by atoms with Crippen molar-refractivity contribution in [3.63, 3.8) is 0 Å². The third-order valence-corrected chi connectivity index (χ3v) is 9.27. The van der Waals surface area contributed by atoms with Crippen molar-refractivity contribution < 1.29 is 24.3 Å². The van der Waals surface area contributed by atoms with Gasteiger partial charge >= 0.3 is 0 Å². The summed E-state index contributed by atoms with van der Waals surface area (Å²) < 4.78 is 0. The third kappa shape index (κ3) is 7.36. The number of rotatable bonds is 12. The molecule has 9 nitrogen and oxygen atoms in total. The second kappa shape index (κ2) is 15.6. The predicted octanol–water partition coefficient (Wildman–Crippen LogP) is 6.14. The van der Waals surface area contributed by atoms with Crippen LogP contribution in [0.3, 0.4) is 0 Å². The largest absolute Gasteiger partial charge is 0.507 e. The molecule has 1 fully saturated rings. The number of phenols is 1. The van der Waals surface area contributed by atoms with E-state index in [1.165, 1.54) is 0 Å². The monoisotopic (exact) mass is 660 g/mol. The van der Waals surface area contributed by atoms with Gasteiger partial charge in [-0.2, -0.15) is 0 Å². The molecular weight excluding hydrogens is 616 g/mol. The van der Waals surface area contributed by atoms with E-state index in [2.05, 4.69) is 23.6 Å². The van der Waals surface area contributed by atoms with Crippen LogP contribution in [-0.2, 0) is 0 Å². The minimum absolute atomic E-state index is 0.125. The molecular formula is C40H44N4O5. The molecule has 1 heterocycles. The van der Waals surface area contributed by atoms with Crippen LogP contribution in [0.15, 0.2) is 91.0 Å². The Morgan fingerprint density at radius 3 is 1.39 bits per heavy atom. The fourth-order valence-electron chi connectivity index (χ4n) is 6.40. The first-order valence-electron chi connectivity index (χ1n) is 17.0. The molecule has 0 radical (unpaired) electrons. The van der Waals surface area contributed by atoms with Gasteiger partial charge in [0, 0.05) is 86.5 Å². The lowest BCUT2D eigenvalue weighted by atomic mass is 9.96. The van der Waals surface area contributed by atoms with Crippen LogP contribution in [0.25, 0.3) is 0 Å². The Morgan fingerprint density at radius 1 is 0.531 bits per heavy atom. The maximum absolute atomic E-state index is 13.8. The fourth-order valence-corrected chi connectivity index (χ4v) is 6.40. The maximum Gasteiger partial charge on any atom is 0.254 e. The number of phenolic OH excluding ortho intramolecular Hbond substituents is 1. The lowest BCUT2D eigenvalue weighted by molar-refractivity contribution is 0.0533. The number of ketones is 2. The van der Waals surface area contributed by atoms with Crippen molar-refractivity contribution in [1.82, 2.24) is 9.80 Å². The topological polar surface area (TPSA) is 101 Å². The van der Waals surface area contributed by atoms with E-state index in [1.807, 2.05) is 26.0 Å². The highest BCUT2D eigenvalue weighted by Gasteiger charge is 2.30. The summed E-state index contributed by atoms with van der Waals surface area (Å²) >= 11 is 0. The molecule has 1 aliphatic rings. The van der Waals surface area contributed by atoms with Gasteiger partial charge in [0.1, 0.15) is 5.75 Å². The second-order valence-electron chi connectivity index (χ2n) is 11.9. The van der Waals surface area contributed by atoms with Crippen molar-refractivity contribution in [2.24, 2.45) is 0 Å². The van der Waals surface area contributed by atoms with Gasteiger partial charge in [-0.25, -0.2) is 0 Å². The van der Waals surface area contributed by atoms with Crippen LogP contribution in [0, 0.1) is 0 Å². The number of amides is 2. The molecule has 4 aromatic carbocycles. The Labute approximate surface area is 288 Å². The summed E-state index contributed by atoms with van der Waals surface area (Å²) in [7, 11) is 0. The minimum atomic E-state index is -0.440. The van der Waals surface area contributed by atoms with Crippen molar-refractivity contribution in [1.29, 1.82) is 0 Å². The molecule has 5 rings (SSSR count). The number of aromatic hydroxyl groups is 1. The zero-order valence-electron chi connectivity index (χ0n) is 28.7. The van der Waals surface area contributed by atoms with Gasteiger partial charge in [-0.15, -0.1) is 0 Å². The van der Waals surface area contributed by atoms with Crippen molar-refractivity contribution in [3.8, 4) is 5.75 Å². The average Bonchev–Trinajstić information content (AvgIpc) is 3.15. The third-order valence-electron chi connectivity index (χ3n) is 9.27. The van der Waals surface area contributed by atoms with Crippen LogP contribution in [-0.4, -0.2) is 90.6 Å². The summed E-state index contributed by atoms with van der Waals surface area (Å²) in [6.45, 7) is 12.5. The molecule has 0 aromatic heterocycles. The van der Waals surface area contributed by atoms with E-state index in [-0.39, 0.29) is 66.2 Å². The van der Waals surface area contributed by atoms with E-state index in [1.54, 1.807) is 88.7 Å². The van der Waals surface area contributed by atoms with Gasteiger partial charge in [0.15, 0.2) is 11.6 Å². The first kappa shape index (κ1) is 34.9. The summed E-state index contributed by atoms with van der Waals surface area (Å²) in [6.07, 6.45) is 0. The van der Waals surface area contributed by atoms with E-state index >= 15 is 0 Å². The average molecular weight is 661 g/mol. The van der Waals surface area contributed by atoms with E-state index in [0.29, 0.717) is 16.7 Å². The first-order chi connectivity index (χ1) is 23.7. The van der Waals surface area contributed by atoms with Gasteiger partial charge in [0.2, 0.25) is 0 Å². The Bertz CT molecular complexity index is 1820. The molecule has 2 amide bonds. The van der Waals surface area contributed by atoms with Gasteiger partial charge in [-0.3, -0.25) is 19.2 Å². The second-order valence-corrected chi connectivity index (χ2v) is 11.9. The summed E-state index contributed by atoms with van der Waals surface area (Å²) in [6, 6.07) is 25.9. The molecule has 0 unspecified atom stereocenters. The van der Waals surface area contributed by atoms with Crippen LogP contribution in [0.1, 0.15) is 80.3 Å². The maximum atomic E-state index is 13.8. The lowest BCUT2D eigenvalue weighted by Crippen LogP contribution is -2.51. The number of hydrogen-bond acceptors (Lipinski definition) is 7. The van der Waals surface area contributed by atoms with Crippen molar-refractivity contribution in [2.75, 3.05) is 62.2 Å². The highest BCUT2D eigenvalue weighted by molar-refractivity contribution is 6.17. The highest BCUT2D eigenvalue weighted by atomic mass is 16.3. The van der Waals surface area contributed by atoms with Crippen LogP contribution in [0.4, 0.5) is 11.4 Å². The summed E-state index contributed by atoms with van der Waals surface area (Å²) in [5, 5.41) is 10.8. The van der Waals surface area contributed by atoms with E-state index in [4.69, 9.17) is 0 Å². The Kier molecular flexibility index (Phi) is 11.1. The Hall–Kier alpha value is -5.44. The molecule has 0 spiro atoms. The van der Waals surface area contributed by atoms with Crippen molar-refractivity contribution >= 4 is 34.8 Å². The number of carbonyl (C=O) groups is 4. The van der Waals surface area contributed by atoms with Gasteiger partial charge in [-0.05, 0) is 76.2 Å². The molecule has 1 saturated heterocycles. The van der Waals surface area contributed by atoms with E-state index < -0.39 is 5.78 Å². The zero-order chi connectivity index (χ0) is 35.1. The molecule has 0 atom stereocenters. The predicted molar refractivity (Wildman–Crippen MR) is 193 cm³/mol. The molecule has 1 N–H and O–H groups in total. The molecule has 0 aliphatic carbocycles. The summed E-state index contributed by atoms with van der Waals surface area (Å²) in [5.41, 5.74) is 3.58. The molecule has 1 aliphatic heterocycles. The quantitative estimate of drug-likeness (QED) is 0.182. The Morgan fingerprint density at radius 2 is 0.939 bits per heavy atom. The van der Waals surface area contributed by atoms with Gasteiger partial charge in [-0.1, -0.05) is 36.4 Å². The normalized spacial score (nSPS) is 12.8. The van der Waals surface area contributed by atoms with Crippen molar-refractivity contribution in [3.05, 3.63) is 124 Å².